The molecule has 0 saturated carbocycles. The average molecular weight is 288 g/mol. The van der Waals surface area contributed by atoms with Gasteiger partial charge in [0, 0.05) is 18.8 Å². The van der Waals surface area contributed by atoms with Crippen molar-refractivity contribution in [3.8, 4) is 0 Å². The molecule has 0 radical (unpaired) electrons. The summed E-state index contributed by atoms with van der Waals surface area (Å²) in [6.07, 6.45) is -2.26. The van der Waals surface area contributed by atoms with Gasteiger partial charge in [-0.2, -0.15) is 13.2 Å². The number of alkyl halides is 3. The molecule has 20 heavy (non-hydrogen) atoms. The second kappa shape index (κ2) is 7.53. The number of rotatable bonds is 7. The van der Waals surface area contributed by atoms with Crippen molar-refractivity contribution in [1.29, 1.82) is 0 Å². The van der Waals surface area contributed by atoms with E-state index in [0.29, 0.717) is 5.69 Å². The van der Waals surface area contributed by atoms with Crippen LogP contribution >= 0.6 is 0 Å². The average Bonchev–Trinajstić information content (AvgIpc) is 2.38. The Morgan fingerprint density at radius 1 is 1.10 bits per heavy atom. The fourth-order valence-corrected chi connectivity index (χ4v) is 2.31. The van der Waals surface area contributed by atoms with Crippen LogP contribution in [0.2, 0.25) is 0 Å². The zero-order valence-electron chi connectivity index (χ0n) is 12.1. The molecule has 0 aromatic heterocycles. The Morgan fingerprint density at radius 3 is 2.15 bits per heavy atom. The van der Waals surface area contributed by atoms with Crippen LogP contribution in [0.15, 0.2) is 18.2 Å². The molecule has 1 rings (SSSR count). The highest BCUT2D eigenvalue weighted by Crippen LogP contribution is 2.35. The van der Waals surface area contributed by atoms with Gasteiger partial charge in [-0.25, -0.2) is 0 Å². The molecule has 5 heteroatoms. The minimum Gasteiger partial charge on any atom is -0.372 e. The topological polar surface area (TPSA) is 29.3 Å². The van der Waals surface area contributed by atoms with E-state index in [1.807, 2.05) is 18.7 Å². The molecule has 2 nitrogen and oxygen atoms in total. The highest BCUT2D eigenvalue weighted by molar-refractivity contribution is 5.52. The van der Waals surface area contributed by atoms with Gasteiger partial charge in [-0.3, -0.25) is 0 Å². The summed E-state index contributed by atoms with van der Waals surface area (Å²) in [6.45, 7) is 5.80. The van der Waals surface area contributed by atoms with Gasteiger partial charge in [0.05, 0.1) is 5.56 Å². The summed E-state index contributed by atoms with van der Waals surface area (Å²) in [5, 5.41) is 0. The zero-order chi connectivity index (χ0) is 15.2. The van der Waals surface area contributed by atoms with Crippen molar-refractivity contribution in [3.05, 3.63) is 29.3 Å². The molecule has 0 fully saturated rings. The molecule has 0 saturated heterocycles. The maximum atomic E-state index is 13.1. The van der Waals surface area contributed by atoms with E-state index in [2.05, 4.69) is 0 Å². The minimum atomic E-state index is -4.33. The molecule has 0 bridgehead atoms. The molecular formula is C15H23F3N2. The van der Waals surface area contributed by atoms with E-state index < -0.39 is 11.7 Å². The summed E-state index contributed by atoms with van der Waals surface area (Å²) in [7, 11) is 0. The zero-order valence-corrected chi connectivity index (χ0v) is 12.1. The van der Waals surface area contributed by atoms with E-state index in [1.165, 1.54) is 6.07 Å². The maximum Gasteiger partial charge on any atom is 0.416 e. The fourth-order valence-electron chi connectivity index (χ4n) is 2.31. The van der Waals surface area contributed by atoms with Crippen LogP contribution in [0, 0.1) is 0 Å². The molecule has 0 unspecified atom stereocenters. The molecule has 0 heterocycles. The lowest BCUT2D eigenvalue weighted by Gasteiger charge is -2.25. The second-order valence-electron chi connectivity index (χ2n) is 4.86. The van der Waals surface area contributed by atoms with Crippen molar-refractivity contribution in [2.45, 2.75) is 39.3 Å². The molecule has 0 aliphatic heterocycles. The number of halogens is 3. The van der Waals surface area contributed by atoms with E-state index in [0.717, 1.165) is 25.9 Å². The summed E-state index contributed by atoms with van der Waals surface area (Å²) in [6, 6.07) is 4.59. The van der Waals surface area contributed by atoms with Gasteiger partial charge in [0.25, 0.3) is 0 Å². The van der Waals surface area contributed by atoms with Gasteiger partial charge in [0.1, 0.15) is 0 Å². The Kier molecular flexibility index (Phi) is 6.33. The van der Waals surface area contributed by atoms with E-state index >= 15 is 0 Å². The highest BCUT2D eigenvalue weighted by Gasteiger charge is 2.33. The normalized spacial score (nSPS) is 11.7. The number of benzene rings is 1. The fraction of sp³-hybridized carbons (Fsp3) is 0.600. The SMILES string of the molecule is CCCN(CCC)c1ccc(CCN)c(C(F)(F)F)c1. The van der Waals surface area contributed by atoms with Crippen molar-refractivity contribution in [2.75, 3.05) is 24.5 Å². The lowest BCUT2D eigenvalue weighted by molar-refractivity contribution is -0.138. The van der Waals surface area contributed by atoms with Crippen LogP contribution in [-0.4, -0.2) is 19.6 Å². The predicted octanol–water partition coefficient (Wildman–Crippen LogP) is 3.83. The quantitative estimate of drug-likeness (QED) is 0.826. The van der Waals surface area contributed by atoms with Gasteiger partial charge in [0.15, 0.2) is 0 Å². The Morgan fingerprint density at radius 2 is 1.70 bits per heavy atom. The number of anilines is 1. The first kappa shape index (κ1) is 16.8. The summed E-state index contributed by atoms with van der Waals surface area (Å²) in [5.74, 6) is 0. The van der Waals surface area contributed by atoms with Gasteiger partial charge in [0.2, 0.25) is 0 Å². The third-order valence-electron chi connectivity index (χ3n) is 3.16. The van der Waals surface area contributed by atoms with Crippen molar-refractivity contribution in [3.63, 3.8) is 0 Å². The van der Waals surface area contributed by atoms with E-state index in [9.17, 15) is 13.2 Å². The monoisotopic (exact) mass is 288 g/mol. The van der Waals surface area contributed by atoms with Crippen LogP contribution < -0.4 is 10.6 Å². The smallest absolute Gasteiger partial charge is 0.372 e. The molecule has 114 valence electrons. The molecular weight excluding hydrogens is 265 g/mol. The number of hydrogen-bond acceptors (Lipinski definition) is 2. The Balaban J connectivity index is 3.16. The molecule has 0 spiro atoms. The van der Waals surface area contributed by atoms with E-state index in [-0.39, 0.29) is 18.5 Å². The summed E-state index contributed by atoms with van der Waals surface area (Å²) >= 11 is 0. The third-order valence-corrected chi connectivity index (χ3v) is 3.16. The van der Waals surface area contributed by atoms with Crippen molar-refractivity contribution < 1.29 is 13.2 Å². The standard InChI is InChI=1S/C15H23F3N2/c1-3-9-20(10-4-2)13-6-5-12(7-8-19)14(11-13)15(16,17)18/h5-6,11H,3-4,7-10,19H2,1-2H3. The Labute approximate surface area is 118 Å². The number of hydrogen-bond donors (Lipinski definition) is 1. The Hall–Kier alpha value is -1.23. The van der Waals surface area contributed by atoms with Gasteiger partial charge in [-0.15, -0.1) is 0 Å². The van der Waals surface area contributed by atoms with Crippen molar-refractivity contribution >= 4 is 5.69 Å². The van der Waals surface area contributed by atoms with Crippen LogP contribution in [-0.2, 0) is 12.6 Å². The molecule has 0 aliphatic carbocycles. The molecule has 1 aromatic carbocycles. The second-order valence-corrected chi connectivity index (χ2v) is 4.86. The molecule has 1 aromatic rings. The molecule has 0 aliphatic rings. The summed E-state index contributed by atoms with van der Waals surface area (Å²) in [5.41, 5.74) is 5.75. The molecule has 0 atom stereocenters. The van der Waals surface area contributed by atoms with Crippen molar-refractivity contribution in [2.24, 2.45) is 5.73 Å². The van der Waals surface area contributed by atoms with Gasteiger partial charge in [-0.1, -0.05) is 19.9 Å². The van der Waals surface area contributed by atoms with Crippen LogP contribution in [0.3, 0.4) is 0 Å². The van der Waals surface area contributed by atoms with Gasteiger partial charge in [-0.05, 0) is 43.5 Å². The van der Waals surface area contributed by atoms with Crippen LogP contribution in [0.4, 0.5) is 18.9 Å². The molecule has 0 amide bonds. The van der Waals surface area contributed by atoms with Crippen molar-refractivity contribution in [1.82, 2.24) is 0 Å². The first-order valence-corrected chi connectivity index (χ1v) is 7.09. The largest absolute Gasteiger partial charge is 0.416 e. The predicted molar refractivity (Wildman–Crippen MR) is 77.0 cm³/mol. The van der Waals surface area contributed by atoms with Crippen LogP contribution in [0.25, 0.3) is 0 Å². The van der Waals surface area contributed by atoms with Gasteiger partial charge >= 0.3 is 6.18 Å². The van der Waals surface area contributed by atoms with Crippen LogP contribution in [0.1, 0.15) is 37.8 Å². The van der Waals surface area contributed by atoms with Gasteiger partial charge < -0.3 is 10.6 Å². The Bertz CT molecular complexity index is 410. The first-order valence-electron chi connectivity index (χ1n) is 7.09. The van der Waals surface area contributed by atoms with E-state index in [4.69, 9.17) is 5.73 Å². The summed E-state index contributed by atoms with van der Waals surface area (Å²) < 4.78 is 39.4. The lowest BCUT2D eigenvalue weighted by Crippen LogP contribution is -2.25. The summed E-state index contributed by atoms with van der Waals surface area (Å²) in [4.78, 5) is 2.00. The first-order chi connectivity index (χ1) is 9.43. The maximum absolute atomic E-state index is 13.1. The lowest BCUT2D eigenvalue weighted by atomic mass is 10.0. The molecule has 2 N–H and O–H groups in total. The van der Waals surface area contributed by atoms with Crippen LogP contribution in [0.5, 0.6) is 0 Å². The minimum absolute atomic E-state index is 0.218. The highest BCUT2D eigenvalue weighted by atomic mass is 19.4. The number of nitrogens with two attached hydrogens (primary N) is 1. The number of nitrogens with zero attached hydrogens (tertiary/aromatic N) is 1. The third kappa shape index (κ3) is 4.40. The van der Waals surface area contributed by atoms with E-state index in [1.54, 1.807) is 12.1 Å².